The van der Waals surface area contributed by atoms with Gasteiger partial charge in [-0.15, -0.1) is 0 Å². The Morgan fingerprint density at radius 2 is 1.85 bits per heavy atom. The third-order valence-electron chi connectivity index (χ3n) is 7.16. The summed E-state index contributed by atoms with van der Waals surface area (Å²) in [5.74, 6) is 0.469. The van der Waals surface area contributed by atoms with Crippen LogP contribution >= 0.6 is 0 Å². The van der Waals surface area contributed by atoms with Gasteiger partial charge in [0, 0.05) is 43.8 Å². The zero-order valence-electron chi connectivity index (χ0n) is 19.3. The van der Waals surface area contributed by atoms with Crippen LogP contribution in [0.15, 0.2) is 60.8 Å². The van der Waals surface area contributed by atoms with Gasteiger partial charge in [0.1, 0.15) is 0 Å². The van der Waals surface area contributed by atoms with Crippen molar-refractivity contribution in [3.63, 3.8) is 0 Å². The van der Waals surface area contributed by atoms with Crippen molar-refractivity contribution in [1.82, 2.24) is 9.88 Å². The van der Waals surface area contributed by atoms with Crippen molar-refractivity contribution in [3.8, 4) is 0 Å². The van der Waals surface area contributed by atoms with Crippen LogP contribution in [0.25, 0.3) is 10.9 Å². The molecule has 0 saturated carbocycles. The third-order valence-corrected chi connectivity index (χ3v) is 7.16. The number of aromatic nitrogens is 1. The number of pyridine rings is 1. The molecule has 0 bridgehead atoms. The maximum atomic E-state index is 14.1. The topological polar surface area (TPSA) is 51.7 Å². The first-order valence-corrected chi connectivity index (χ1v) is 12.0. The minimum absolute atomic E-state index is 0.224. The fourth-order valence-corrected chi connectivity index (χ4v) is 5.27. The summed E-state index contributed by atoms with van der Waals surface area (Å²) in [4.78, 5) is 20.8. The molecule has 5 nitrogen and oxygen atoms in total. The monoisotopic (exact) mass is 444 g/mol. The fraction of sp³-hybridized carbons (Fsp3) is 0.429. The van der Waals surface area contributed by atoms with E-state index in [0.29, 0.717) is 39.5 Å². The Kier molecular flexibility index (Phi) is 6.43. The predicted octanol–water partition coefficient (Wildman–Crippen LogP) is 4.31. The van der Waals surface area contributed by atoms with E-state index >= 15 is 0 Å². The number of carbonyl (C=O) groups is 1. The molecule has 1 amide bonds. The Labute approximate surface area is 195 Å². The van der Waals surface area contributed by atoms with E-state index in [4.69, 9.17) is 9.47 Å². The van der Waals surface area contributed by atoms with Crippen molar-refractivity contribution in [2.75, 3.05) is 39.5 Å². The summed E-state index contributed by atoms with van der Waals surface area (Å²) in [5, 5.41) is 1.15. The Morgan fingerprint density at radius 3 is 2.67 bits per heavy atom. The number of rotatable bonds is 4. The lowest BCUT2D eigenvalue weighted by atomic mass is 9.72. The molecule has 1 atom stereocenters. The van der Waals surface area contributed by atoms with E-state index in [1.807, 2.05) is 24.4 Å². The van der Waals surface area contributed by atoms with E-state index in [1.54, 1.807) is 0 Å². The zero-order chi connectivity index (χ0) is 22.7. The first kappa shape index (κ1) is 22.1. The van der Waals surface area contributed by atoms with Gasteiger partial charge < -0.3 is 14.4 Å². The summed E-state index contributed by atoms with van der Waals surface area (Å²) in [5.41, 5.74) is 4.01. The Morgan fingerprint density at radius 1 is 1.06 bits per heavy atom. The molecule has 2 fully saturated rings. The molecule has 33 heavy (non-hydrogen) atoms. The summed E-state index contributed by atoms with van der Waals surface area (Å²) >= 11 is 0. The third kappa shape index (κ3) is 4.66. The van der Waals surface area contributed by atoms with Gasteiger partial charge in [0.05, 0.1) is 24.1 Å². The number of nitrogens with zero attached hydrogens (tertiary/aromatic N) is 2. The molecule has 0 aliphatic carbocycles. The van der Waals surface area contributed by atoms with Crippen LogP contribution in [0.3, 0.4) is 0 Å². The molecule has 2 aromatic carbocycles. The number of hydrogen-bond acceptors (Lipinski definition) is 4. The van der Waals surface area contributed by atoms with E-state index < -0.39 is 5.41 Å². The van der Waals surface area contributed by atoms with Gasteiger partial charge in [0.2, 0.25) is 5.91 Å². The molecule has 2 aliphatic heterocycles. The molecule has 3 aromatic rings. The maximum absolute atomic E-state index is 14.1. The number of fused-ring (bicyclic) bond motifs is 1. The summed E-state index contributed by atoms with van der Waals surface area (Å²) in [6.45, 7) is 5.92. The maximum Gasteiger partial charge on any atom is 0.233 e. The summed E-state index contributed by atoms with van der Waals surface area (Å²) in [6, 6.07) is 18.9. The van der Waals surface area contributed by atoms with Crippen LogP contribution in [0.5, 0.6) is 0 Å². The van der Waals surface area contributed by atoms with Crippen molar-refractivity contribution < 1.29 is 14.3 Å². The molecular formula is C28H32N2O3. The van der Waals surface area contributed by atoms with Gasteiger partial charge in [-0.1, -0.05) is 48.0 Å². The van der Waals surface area contributed by atoms with Crippen molar-refractivity contribution in [2.45, 2.75) is 31.6 Å². The Bertz CT molecular complexity index is 1110. The van der Waals surface area contributed by atoms with Gasteiger partial charge in [0.25, 0.3) is 0 Å². The SMILES string of the molecule is Cc1ccc(C2(C(=O)N3CCOC[C@@H](Cc4cnc5ccccc5c4)C3)CCOCC2)cc1. The fourth-order valence-electron chi connectivity index (χ4n) is 5.27. The predicted molar refractivity (Wildman–Crippen MR) is 129 cm³/mol. The molecule has 0 radical (unpaired) electrons. The Balaban J connectivity index is 1.37. The standard InChI is InChI=1S/C28H32N2O3/c1-21-6-8-25(9-7-21)28(10-13-32-14-11-28)27(31)30-12-15-33-20-23(19-30)16-22-17-24-4-2-3-5-26(24)29-18-22/h2-9,17-18,23H,10-16,19-20H2,1H3/t23-/m0/s1. The highest BCUT2D eigenvalue weighted by molar-refractivity contribution is 5.88. The Hall–Kier alpha value is -2.76. The van der Waals surface area contributed by atoms with Gasteiger partial charge >= 0.3 is 0 Å². The average Bonchev–Trinajstić information content (AvgIpc) is 3.10. The number of para-hydroxylation sites is 1. The molecule has 2 aliphatic rings. The molecule has 1 aromatic heterocycles. The number of ether oxygens (including phenoxy) is 2. The first-order valence-electron chi connectivity index (χ1n) is 12.0. The van der Waals surface area contributed by atoms with Crippen LogP contribution in [0, 0.1) is 12.8 Å². The van der Waals surface area contributed by atoms with E-state index in [-0.39, 0.29) is 11.8 Å². The van der Waals surface area contributed by atoms with Crippen LogP contribution in [-0.2, 0) is 26.1 Å². The minimum atomic E-state index is -0.509. The molecule has 0 N–H and O–H groups in total. The minimum Gasteiger partial charge on any atom is -0.381 e. The average molecular weight is 445 g/mol. The van der Waals surface area contributed by atoms with E-state index in [9.17, 15) is 4.79 Å². The molecule has 5 rings (SSSR count). The molecule has 0 spiro atoms. The quantitative estimate of drug-likeness (QED) is 0.602. The van der Waals surface area contributed by atoms with Gasteiger partial charge in [-0.05, 0) is 49.4 Å². The lowest BCUT2D eigenvalue weighted by Gasteiger charge is -2.40. The number of amides is 1. The second-order valence-electron chi connectivity index (χ2n) is 9.49. The van der Waals surface area contributed by atoms with Crippen molar-refractivity contribution in [2.24, 2.45) is 5.92 Å². The largest absolute Gasteiger partial charge is 0.381 e. The van der Waals surface area contributed by atoms with Crippen LogP contribution < -0.4 is 0 Å². The lowest BCUT2D eigenvalue weighted by Crippen LogP contribution is -2.51. The number of aryl methyl sites for hydroxylation is 1. The van der Waals surface area contributed by atoms with E-state index in [1.165, 1.54) is 11.1 Å². The van der Waals surface area contributed by atoms with Crippen molar-refractivity contribution in [1.29, 1.82) is 0 Å². The highest BCUT2D eigenvalue weighted by atomic mass is 16.5. The molecule has 5 heteroatoms. The smallest absolute Gasteiger partial charge is 0.233 e. The first-order chi connectivity index (χ1) is 16.1. The van der Waals surface area contributed by atoms with E-state index in [2.05, 4.69) is 53.2 Å². The number of benzene rings is 2. The van der Waals surface area contributed by atoms with Crippen molar-refractivity contribution in [3.05, 3.63) is 77.5 Å². The molecule has 2 saturated heterocycles. The highest BCUT2D eigenvalue weighted by Crippen LogP contribution is 2.37. The molecule has 0 unspecified atom stereocenters. The number of hydrogen-bond donors (Lipinski definition) is 0. The van der Waals surface area contributed by atoms with Crippen LogP contribution in [0.1, 0.15) is 29.5 Å². The second kappa shape index (κ2) is 9.62. The van der Waals surface area contributed by atoms with E-state index in [0.717, 1.165) is 35.7 Å². The van der Waals surface area contributed by atoms with Gasteiger partial charge in [-0.2, -0.15) is 0 Å². The van der Waals surface area contributed by atoms with Crippen LogP contribution in [0.2, 0.25) is 0 Å². The summed E-state index contributed by atoms with van der Waals surface area (Å²) in [6.07, 6.45) is 4.27. The molecule has 3 heterocycles. The second-order valence-corrected chi connectivity index (χ2v) is 9.49. The normalized spacial score (nSPS) is 21.0. The lowest BCUT2D eigenvalue weighted by molar-refractivity contribution is -0.141. The van der Waals surface area contributed by atoms with Gasteiger partial charge in [0.15, 0.2) is 0 Å². The summed E-state index contributed by atoms with van der Waals surface area (Å²) < 4.78 is 11.6. The highest BCUT2D eigenvalue weighted by Gasteiger charge is 2.44. The van der Waals surface area contributed by atoms with Crippen LogP contribution in [-0.4, -0.2) is 55.3 Å². The number of carbonyl (C=O) groups excluding carboxylic acids is 1. The van der Waals surface area contributed by atoms with Crippen LogP contribution in [0.4, 0.5) is 0 Å². The summed E-state index contributed by atoms with van der Waals surface area (Å²) in [7, 11) is 0. The van der Waals surface area contributed by atoms with Gasteiger partial charge in [-0.25, -0.2) is 0 Å². The zero-order valence-corrected chi connectivity index (χ0v) is 19.3. The van der Waals surface area contributed by atoms with Gasteiger partial charge in [-0.3, -0.25) is 9.78 Å². The van der Waals surface area contributed by atoms with Crippen molar-refractivity contribution >= 4 is 16.8 Å². The molecule has 172 valence electrons. The molecular weight excluding hydrogens is 412 g/mol.